The van der Waals surface area contributed by atoms with Crippen LogP contribution < -0.4 is 10.1 Å². The molecule has 0 atom stereocenters. The van der Waals surface area contributed by atoms with Gasteiger partial charge in [0.05, 0.1) is 12.6 Å². The second kappa shape index (κ2) is 8.86. The number of nitrogens with zero attached hydrogens (tertiary/aromatic N) is 2. The van der Waals surface area contributed by atoms with Crippen molar-refractivity contribution >= 4 is 22.8 Å². The molecule has 1 aromatic carbocycles. The largest absolute Gasteiger partial charge is 0.573 e. The summed E-state index contributed by atoms with van der Waals surface area (Å²) in [7, 11) is 0. The molecule has 184 valence electrons. The summed E-state index contributed by atoms with van der Waals surface area (Å²) in [6.45, 7) is 1.22. The first-order chi connectivity index (χ1) is 16.7. The van der Waals surface area contributed by atoms with Gasteiger partial charge in [0.2, 0.25) is 5.91 Å². The van der Waals surface area contributed by atoms with Gasteiger partial charge in [-0.1, -0.05) is 0 Å². The van der Waals surface area contributed by atoms with Crippen LogP contribution in [0.4, 0.5) is 17.6 Å². The topological polar surface area (TPSA) is 87.3 Å². The molecular formula is C24H22F4N4O3. The highest BCUT2D eigenvalue weighted by atomic mass is 19.4. The summed E-state index contributed by atoms with van der Waals surface area (Å²) in [4.78, 5) is 34.1. The van der Waals surface area contributed by atoms with Crippen LogP contribution in [0.2, 0.25) is 0 Å². The van der Waals surface area contributed by atoms with Crippen LogP contribution in [-0.2, 0) is 17.6 Å². The lowest BCUT2D eigenvalue weighted by atomic mass is 9.86. The van der Waals surface area contributed by atoms with Gasteiger partial charge in [-0.3, -0.25) is 9.59 Å². The molecule has 0 radical (unpaired) electrons. The van der Waals surface area contributed by atoms with Crippen molar-refractivity contribution in [2.24, 2.45) is 0 Å². The number of rotatable bonds is 3. The number of aromatic amines is 1. The van der Waals surface area contributed by atoms with Gasteiger partial charge < -0.3 is 19.9 Å². The number of halogens is 4. The molecule has 2 aromatic heterocycles. The van der Waals surface area contributed by atoms with E-state index in [1.54, 1.807) is 4.90 Å². The third-order valence-electron chi connectivity index (χ3n) is 6.57. The minimum atomic E-state index is -4.80. The van der Waals surface area contributed by atoms with Crippen LogP contribution in [-0.4, -0.2) is 52.7 Å². The molecule has 0 unspecified atom stereocenters. The molecule has 2 amide bonds. The second-order valence-electron chi connectivity index (χ2n) is 8.74. The van der Waals surface area contributed by atoms with Crippen molar-refractivity contribution in [3.05, 3.63) is 58.7 Å². The molecule has 0 bridgehead atoms. The lowest BCUT2D eigenvalue weighted by molar-refractivity contribution is -0.274. The number of alkyl halides is 3. The number of likely N-dealkylation sites (tertiary alicyclic amines) is 1. The number of ether oxygens (including phenoxy) is 1. The Morgan fingerprint density at radius 1 is 1.14 bits per heavy atom. The Kier molecular flexibility index (Phi) is 5.86. The summed E-state index contributed by atoms with van der Waals surface area (Å²) in [6.07, 6.45) is -1.85. The molecule has 2 aliphatic heterocycles. The average molecular weight is 490 g/mol. The Morgan fingerprint density at radius 2 is 1.86 bits per heavy atom. The van der Waals surface area contributed by atoms with Gasteiger partial charge in [-0.05, 0) is 48.6 Å². The number of amides is 2. The van der Waals surface area contributed by atoms with Crippen molar-refractivity contribution in [1.82, 2.24) is 20.2 Å². The number of pyridine rings is 1. The van der Waals surface area contributed by atoms with Crippen molar-refractivity contribution in [1.29, 1.82) is 0 Å². The molecule has 2 N–H and O–H groups in total. The highest BCUT2D eigenvalue weighted by Gasteiger charge is 2.32. The van der Waals surface area contributed by atoms with Crippen molar-refractivity contribution in [2.75, 3.05) is 19.6 Å². The van der Waals surface area contributed by atoms with Crippen LogP contribution in [0.5, 0.6) is 5.75 Å². The number of carbonyl (C=O) groups excluding carboxylic acids is 2. The smallest absolute Gasteiger partial charge is 0.406 e. The Balaban J connectivity index is 1.34. The lowest BCUT2D eigenvalue weighted by Crippen LogP contribution is -2.38. The van der Waals surface area contributed by atoms with Crippen LogP contribution in [0.25, 0.3) is 11.0 Å². The maximum absolute atomic E-state index is 15.1. The van der Waals surface area contributed by atoms with Gasteiger partial charge in [0.15, 0.2) is 0 Å². The van der Waals surface area contributed by atoms with Crippen molar-refractivity contribution < 1.29 is 31.9 Å². The van der Waals surface area contributed by atoms with E-state index in [1.165, 1.54) is 18.3 Å². The minimum absolute atomic E-state index is 0.119. The number of fused-ring (bicyclic) bond motifs is 3. The second-order valence-corrected chi connectivity index (χ2v) is 8.74. The molecule has 7 nitrogen and oxygen atoms in total. The third-order valence-corrected chi connectivity index (χ3v) is 6.57. The molecule has 1 fully saturated rings. The molecule has 35 heavy (non-hydrogen) atoms. The fraction of sp³-hybridized carbons (Fsp3) is 0.375. The number of carbonyl (C=O) groups is 2. The molecular weight excluding hydrogens is 468 g/mol. The summed E-state index contributed by atoms with van der Waals surface area (Å²) in [6, 6.07) is 4.79. The number of aromatic nitrogens is 2. The molecule has 4 heterocycles. The number of hydrogen-bond donors (Lipinski definition) is 2. The van der Waals surface area contributed by atoms with Gasteiger partial charge in [0, 0.05) is 48.3 Å². The summed E-state index contributed by atoms with van der Waals surface area (Å²) < 4.78 is 56.0. The Hall–Kier alpha value is -3.63. The standard InChI is InChI=1S/C24H22F4N4O3/c25-17-12-30-22-21(16-11-19(33)29-8-5-18(16)31-22)20(17)13-6-9-32(10-7-13)23(34)14-1-3-15(4-2-14)35-24(26,27)28/h1-4,12-13H,5-11H2,(H,29,33)(H,30,31). The van der Waals surface area contributed by atoms with Gasteiger partial charge in [0.25, 0.3) is 5.91 Å². The van der Waals surface area contributed by atoms with E-state index >= 15 is 4.39 Å². The first-order valence-electron chi connectivity index (χ1n) is 11.3. The molecule has 0 spiro atoms. The molecule has 2 aliphatic rings. The van der Waals surface area contributed by atoms with Gasteiger partial charge in [-0.2, -0.15) is 0 Å². The van der Waals surface area contributed by atoms with E-state index in [9.17, 15) is 22.8 Å². The maximum atomic E-state index is 15.1. The Labute approximate surface area is 197 Å². The zero-order chi connectivity index (χ0) is 24.7. The van der Waals surface area contributed by atoms with Gasteiger partial charge in [-0.25, -0.2) is 9.37 Å². The number of benzene rings is 1. The number of H-pyrrole nitrogens is 1. The molecule has 3 aromatic rings. The van der Waals surface area contributed by atoms with Crippen molar-refractivity contribution in [2.45, 2.75) is 38.0 Å². The van der Waals surface area contributed by atoms with Crippen LogP contribution in [0.15, 0.2) is 30.5 Å². The van der Waals surface area contributed by atoms with Gasteiger partial charge >= 0.3 is 6.36 Å². The number of hydrogen-bond acceptors (Lipinski definition) is 4. The van der Waals surface area contributed by atoms with E-state index in [4.69, 9.17) is 0 Å². The molecule has 0 saturated carbocycles. The minimum Gasteiger partial charge on any atom is -0.406 e. The zero-order valence-corrected chi connectivity index (χ0v) is 18.5. The Bertz CT molecular complexity index is 1280. The summed E-state index contributed by atoms with van der Waals surface area (Å²) in [5.41, 5.74) is 2.97. The van der Waals surface area contributed by atoms with Crippen LogP contribution in [0, 0.1) is 5.82 Å². The Morgan fingerprint density at radius 3 is 2.54 bits per heavy atom. The third kappa shape index (κ3) is 4.67. The predicted molar refractivity (Wildman–Crippen MR) is 117 cm³/mol. The fourth-order valence-electron chi connectivity index (χ4n) is 4.98. The summed E-state index contributed by atoms with van der Waals surface area (Å²) >= 11 is 0. The van der Waals surface area contributed by atoms with Crippen LogP contribution >= 0.6 is 0 Å². The summed E-state index contributed by atoms with van der Waals surface area (Å²) in [5.74, 6) is -1.43. The van der Waals surface area contributed by atoms with Gasteiger partial charge in [0.1, 0.15) is 17.2 Å². The molecule has 1 saturated heterocycles. The highest BCUT2D eigenvalue weighted by Crippen LogP contribution is 2.38. The van der Waals surface area contributed by atoms with E-state index in [-0.39, 0.29) is 29.7 Å². The lowest BCUT2D eigenvalue weighted by Gasteiger charge is -2.32. The van der Waals surface area contributed by atoms with Crippen molar-refractivity contribution in [3.8, 4) is 5.75 Å². The fourth-order valence-corrected chi connectivity index (χ4v) is 4.98. The van der Waals surface area contributed by atoms with Gasteiger partial charge in [-0.15, -0.1) is 13.2 Å². The monoisotopic (exact) mass is 490 g/mol. The molecule has 11 heteroatoms. The predicted octanol–water partition coefficient (Wildman–Crippen LogP) is 3.84. The van der Waals surface area contributed by atoms with E-state index in [0.29, 0.717) is 55.5 Å². The van der Waals surface area contributed by atoms with Crippen LogP contribution in [0.3, 0.4) is 0 Å². The average Bonchev–Trinajstić information content (AvgIpc) is 3.04. The quantitative estimate of drug-likeness (QED) is 0.547. The molecule has 0 aliphatic carbocycles. The first-order valence-corrected chi connectivity index (χ1v) is 11.3. The summed E-state index contributed by atoms with van der Waals surface area (Å²) in [5, 5.41) is 3.48. The number of nitrogens with one attached hydrogen (secondary N) is 2. The maximum Gasteiger partial charge on any atom is 0.573 e. The van der Waals surface area contributed by atoms with E-state index in [1.807, 2.05) is 0 Å². The SMILES string of the molecule is O=C1Cc2c([nH]c3ncc(F)c(C4CCN(C(=O)c5ccc(OC(F)(F)F)cc5)CC4)c23)CCN1. The number of piperidine rings is 1. The zero-order valence-electron chi connectivity index (χ0n) is 18.5. The first kappa shape index (κ1) is 23.1. The molecule has 5 rings (SSSR count). The normalized spacial score (nSPS) is 17.1. The van der Waals surface area contributed by atoms with Crippen LogP contribution in [0.1, 0.15) is 45.9 Å². The van der Waals surface area contributed by atoms with Crippen molar-refractivity contribution in [3.63, 3.8) is 0 Å². The van der Waals surface area contributed by atoms with E-state index in [2.05, 4.69) is 20.0 Å². The van der Waals surface area contributed by atoms with E-state index in [0.717, 1.165) is 23.4 Å². The van der Waals surface area contributed by atoms with E-state index < -0.39 is 17.9 Å². The highest BCUT2D eigenvalue weighted by molar-refractivity contribution is 5.94.